The van der Waals surface area contributed by atoms with Gasteiger partial charge in [0.05, 0.1) is 12.0 Å². The first-order valence-electron chi connectivity index (χ1n) is 9.70. The summed E-state index contributed by atoms with van der Waals surface area (Å²) in [5, 5.41) is 0.361. The maximum atomic E-state index is 12.9. The van der Waals surface area contributed by atoms with Crippen molar-refractivity contribution in [2.24, 2.45) is 0 Å². The van der Waals surface area contributed by atoms with Gasteiger partial charge in [0.15, 0.2) is 0 Å². The zero-order chi connectivity index (χ0) is 22.1. The van der Waals surface area contributed by atoms with Crippen molar-refractivity contribution >= 4 is 33.4 Å². The normalized spacial score (nSPS) is 15.9. The highest BCUT2D eigenvalue weighted by atomic mass is 35.5. The number of anilines is 2. The van der Waals surface area contributed by atoms with Crippen molar-refractivity contribution in [1.29, 1.82) is 0 Å². The minimum absolute atomic E-state index is 0.125. The number of benzene rings is 1. The molecule has 10 heteroatoms. The molecule has 0 radical (unpaired) electrons. The first kappa shape index (κ1) is 22.6. The summed E-state index contributed by atoms with van der Waals surface area (Å²) in [4.78, 5) is 13.3. The van der Waals surface area contributed by atoms with E-state index < -0.39 is 10.0 Å². The first-order valence-corrected chi connectivity index (χ1v) is 11.5. The number of piperazine rings is 1. The van der Waals surface area contributed by atoms with Gasteiger partial charge in [0.25, 0.3) is 0 Å². The van der Waals surface area contributed by atoms with Crippen LogP contribution in [0.1, 0.15) is 20.8 Å². The number of halogens is 1. The Hall–Kier alpha value is -2.10. The van der Waals surface area contributed by atoms with Crippen LogP contribution in [-0.4, -0.2) is 68.6 Å². The van der Waals surface area contributed by atoms with Crippen molar-refractivity contribution in [3.8, 4) is 5.75 Å². The molecule has 1 fully saturated rings. The molecule has 0 aliphatic carbocycles. The standard InChI is InChI=1S/C20H28ClN5O3S/c1-20(2,3)24(4)18-14-17(21)22-19(23-18)25-10-12-26(13-11-25)30(27,28)16-8-6-15(29-5)7-9-16/h6-9,14H,10-13H2,1-5H3. The maximum Gasteiger partial charge on any atom is 0.243 e. The Bertz CT molecular complexity index is 984. The van der Waals surface area contributed by atoms with Gasteiger partial charge in [-0.1, -0.05) is 11.6 Å². The fourth-order valence-electron chi connectivity index (χ4n) is 3.08. The summed E-state index contributed by atoms with van der Waals surface area (Å²) in [6.45, 7) is 7.91. The van der Waals surface area contributed by atoms with Crippen LogP contribution in [0.4, 0.5) is 11.8 Å². The summed E-state index contributed by atoms with van der Waals surface area (Å²) >= 11 is 6.25. The van der Waals surface area contributed by atoms with E-state index in [9.17, 15) is 8.42 Å². The molecule has 1 aliphatic rings. The van der Waals surface area contributed by atoms with Crippen LogP contribution in [0.3, 0.4) is 0 Å². The van der Waals surface area contributed by atoms with E-state index in [0.717, 1.165) is 5.82 Å². The fourth-order valence-corrected chi connectivity index (χ4v) is 4.67. The minimum atomic E-state index is -3.57. The van der Waals surface area contributed by atoms with Gasteiger partial charge in [0.2, 0.25) is 16.0 Å². The lowest BCUT2D eigenvalue weighted by molar-refractivity contribution is 0.382. The molecule has 8 nitrogen and oxygen atoms in total. The van der Waals surface area contributed by atoms with Crippen LogP contribution >= 0.6 is 11.6 Å². The third-order valence-corrected chi connectivity index (χ3v) is 7.34. The van der Waals surface area contributed by atoms with E-state index in [1.165, 1.54) is 4.31 Å². The number of hydrogen-bond acceptors (Lipinski definition) is 7. The molecule has 164 valence electrons. The molecular formula is C20H28ClN5O3S. The molecule has 2 heterocycles. The number of hydrogen-bond donors (Lipinski definition) is 0. The van der Waals surface area contributed by atoms with Crippen LogP contribution in [0.2, 0.25) is 5.15 Å². The van der Waals surface area contributed by atoms with Gasteiger partial charge >= 0.3 is 0 Å². The number of ether oxygens (including phenoxy) is 1. The van der Waals surface area contributed by atoms with Crippen LogP contribution in [0.25, 0.3) is 0 Å². The number of methoxy groups -OCH3 is 1. The lowest BCUT2D eigenvalue weighted by Crippen LogP contribution is -2.49. The number of nitrogens with zero attached hydrogens (tertiary/aromatic N) is 5. The summed E-state index contributed by atoms with van der Waals surface area (Å²) in [5.74, 6) is 1.86. The summed E-state index contributed by atoms with van der Waals surface area (Å²) in [6, 6.07) is 8.16. The van der Waals surface area contributed by atoms with Gasteiger partial charge in [-0.25, -0.2) is 13.4 Å². The SMILES string of the molecule is COc1ccc(S(=O)(=O)N2CCN(c3nc(Cl)cc(N(C)C(C)(C)C)n3)CC2)cc1. The smallest absolute Gasteiger partial charge is 0.243 e. The Morgan fingerprint density at radius 3 is 2.20 bits per heavy atom. The Kier molecular flexibility index (Phi) is 6.45. The Labute approximate surface area is 183 Å². The maximum absolute atomic E-state index is 12.9. The molecule has 2 aromatic rings. The number of aromatic nitrogens is 2. The average molecular weight is 454 g/mol. The van der Waals surface area contributed by atoms with Crippen molar-refractivity contribution < 1.29 is 13.2 Å². The zero-order valence-electron chi connectivity index (χ0n) is 18.0. The first-order chi connectivity index (χ1) is 14.0. The second-order valence-electron chi connectivity index (χ2n) is 8.15. The molecule has 0 spiro atoms. The predicted octanol–water partition coefficient (Wildman–Crippen LogP) is 2.88. The highest BCUT2D eigenvalue weighted by Gasteiger charge is 2.30. The fraction of sp³-hybridized carbons (Fsp3) is 0.500. The topological polar surface area (TPSA) is 78.9 Å². The largest absolute Gasteiger partial charge is 0.497 e. The quantitative estimate of drug-likeness (QED) is 0.644. The second-order valence-corrected chi connectivity index (χ2v) is 10.5. The minimum Gasteiger partial charge on any atom is -0.497 e. The van der Waals surface area contributed by atoms with Gasteiger partial charge < -0.3 is 14.5 Å². The van der Waals surface area contributed by atoms with Crippen molar-refractivity contribution in [1.82, 2.24) is 14.3 Å². The van der Waals surface area contributed by atoms with E-state index in [1.807, 2.05) is 16.8 Å². The van der Waals surface area contributed by atoms with Crippen LogP contribution in [0, 0.1) is 0 Å². The molecule has 0 saturated carbocycles. The van der Waals surface area contributed by atoms with Gasteiger partial charge in [-0.3, -0.25) is 0 Å². The van der Waals surface area contributed by atoms with Gasteiger partial charge in [-0.05, 0) is 45.0 Å². The predicted molar refractivity (Wildman–Crippen MR) is 119 cm³/mol. The Morgan fingerprint density at radius 2 is 1.67 bits per heavy atom. The van der Waals surface area contributed by atoms with Crippen molar-refractivity contribution in [2.45, 2.75) is 31.2 Å². The van der Waals surface area contributed by atoms with E-state index >= 15 is 0 Å². The molecule has 0 bridgehead atoms. The molecule has 30 heavy (non-hydrogen) atoms. The lowest BCUT2D eigenvalue weighted by atomic mass is 10.1. The lowest BCUT2D eigenvalue weighted by Gasteiger charge is -2.36. The van der Waals surface area contributed by atoms with Gasteiger partial charge in [-0.2, -0.15) is 9.29 Å². The van der Waals surface area contributed by atoms with Crippen LogP contribution in [0.15, 0.2) is 35.2 Å². The van der Waals surface area contributed by atoms with Gasteiger partial charge in [0.1, 0.15) is 16.7 Å². The van der Waals surface area contributed by atoms with Crippen molar-refractivity contribution in [3.63, 3.8) is 0 Å². The van der Waals surface area contributed by atoms with Crippen LogP contribution < -0.4 is 14.5 Å². The van der Waals surface area contributed by atoms with E-state index in [0.29, 0.717) is 43.0 Å². The number of sulfonamides is 1. The second kappa shape index (κ2) is 8.56. The third kappa shape index (κ3) is 4.79. The Balaban J connectivity index is 1.74. The van der Waals surface area contributed by atoms with Gasteiger partial charge in [-0.15, -0.1) is 0 Å². The molecule has 1 saturated heterocycles. The summed E-state index contributed by atoms with van der Waals surface area (Å²) in [7, 11) is -0.0587. The summed E-state index contributed by atoms with van der Waals surface area (Å²) in [6.07, 6.45) is 0. The molecule has 3 rings (SSSR count). The average Bonchev–Trinajstić information content (AvgIpc) is 2.72. The Morgan fingerprint density at radius 1 is 1.07 bits per heavy atom. The van der Waals surface area contributed by atoms with E-state index in [1.54, 1.807) is 37.4 Å². The van der Waals surface area contributed by atoms with Crippen LogP contribution in [0.5, 0.6) is 5.75 Å². The molecular weight excluding hydrogens is 426 g/mol. The number of rotatable bonds is 5. The third-order valence-electron chi connectivity index (χ3n) is 5.24. The summed E-state index contributed by atoms with van der Waals surface area (Å²) < 4.78 is 32.5. The van der Waals surface area contributed by atoms with Crippen molar-refractivity contribution in [3.05, 3.63) is 35.5 Å². The van der Waals surface area contributed by atoms with E-state index in [4.69, 9.17) is 16.3 Å². The molecule has 0 N–H and O–H groups in total. The van der Waals surface area contributed by atoms with Crippen molar-refractivity contribution in [2.75, 3.05) is 50.1 Å². The highest BCUT2D eigenvalue weighted by Crippen LogP contribution is 2.26. The van der Waals surface area contributed by atoms with Crippen LogP contribution in [-0.2, 0) is 10.0 Å². The molecule has 1 aromatic heterocycles. The molecule has 0 atom stereocenters. The molecule has 1 aromatic carbocycles. The zero-order valence-corrected chi connectivity index (χ0v) is 19.5. The van der Waals surface area contributed by atoms with E-state index in [2.05, 4.69) is 30.7 Å². The molecule has 0 unspecified atom stereocenters. The van der Waals surface area contributed by atoms with Gasteiger partial charge in [0, 0.05) is 44.8 Å². The monoisotopic (exact) mass is 453 g/mol. The van der Waals surface area contributed by atoms with E-state index in [-0.39, 0.29) is 10.4 Å². The molecule has 0 amide bonds. The highest BCUT2D eigenvalue weighted by molar-refractivity contribution is 7.89. The molecule has 1 aliphatic heterocycles. The summed E-state index contributed by atoms with van der Waals surface area (Å²) in [5.41, 5.74) is -0.125.